The molecule has 1 aliphatic carbocycles. The predicted molar refractivity (Wildman–Crippen MR) is 91.2 cm³/mol. The molecule has 2 N–H and O–H groups in total. The van der Waals surface area contributed by atoms with Crippen molar-refractivity contribution in [2.45, 2.75) is 52.0 Å². The van der Waals surface area contributed by atoms with Crippen LogP contribution < -0.4 is 10.7 Å². The molecule has 2 rings (SSSR count). The summed E-state index contributed by atoms with van der Waals surface area (Å²) in [5.74, 6) is -2.05. The van der Waals surface area contributed by atoms with E-state index < -0.39 is 17.7 Å². The van der Waals surface area contributed by atoms with Crippen molar-refractivity contribution >= 4 is 23.6 Å². The number of carbonyl (C=O) groups is 4. The van der Waals surface area contributed by atoms with Crippen LogP contribution in [0.2, 0.25) is 0 Å². The average Bonchev–Trinajstić information content (AvgIpc) is 2.91. The number of urea groups is 1. The number of Topliss-reactive ketones (excluding diaryl/α,β-unsaturated/α-hetero) is 1. The second kappa shape index (κ2) is 8.31. The number of nitrogens with zero attached hydrogens (tertiary/aromatic N) is 2. The zero-order chi connectivity index (χ0) is 18.6. The van der Waals surface area contributed by atoms with Gasteiger partial charge >= 0.3 is 11.9 Å². The van der Waals surface area contributed by atoms with Crippen LogP contribution in [-0.4, -0.2) is 59.7 Å². The first-order valence-corrected chi connectivity index (χ1v) is 8.99. The Bertz CT molecular complexity index is 543. The van der Waals surface area contributed by atoms with Crippen molar-refractivity contribution in [2.24, 2.45) is 11.8 Å². The van der Waals surface area contributed by atoms with Gasteiger partial charge < -0.3 is 10.2 Å². The zero-order valence-electron chi connectivity index (χ0n) is 15.2. The summed E-state index contributed by atoms with van der Waals surface area (Å²) in [7, 11) is 1.62. The molecule has 4 amide bonds. The normalized spacial score (nSPS) is 19.9. The van der Waals surface area contributed by atoms with Gasteiger partial charge in [-0.2, -0.15) is 0 Å². The molecular formula is C17H28N4O4. The van der Waals surface area contributed by atoms with Gasteiger partial charge in [-0.3, -0.25) is 19.8 Å². The summed E-state index contributed by atoms with van der Waals surface area (Å²) in [6.45, 7) is 4.38. The lowest BCUT2D eigenvalue weighted by atomic mass is 9.88. The van der Waals surface area contributed by atoms with Crippen molar-refractivity contribution in [3.63, 3.8) is 0 Å². The van der Waals surface area contributed by atoms with E-state index in [1.54, 1.807) is 20.9 Å². The molecule has 0 aromatic carbocycles. The maximum atomic E-state index is 12.5. The molecule has 8 heteroatoms. The summed E-state index contributed by atoms with van der Waals surface area (Å²) in [6, 6.07) is -1.24. The van der Waals surface area contributed by atoms with Crippen LogP contribution in [-0.2, 0) is 14.4 Å². The van der Waals surface area contributed by atoms with Gasteiger partial charge in [0.2, 0.25) is 11.7 Å². The number of rotatable bonds is 6. The smallest absolute Gasteiger partial charge is 0.338 e. The molecule has 25 heavy (non-hydrogen) atoms. The number of hydrazine groups is 1. The number of hydrogen-bond donors (Lipinski definition) is 2. The fourth-order valence-corrected chi connectivity index (χ4v) is 3.24. The van der Waals surface area contributed by atoms with Crippen molar-refractivity contribution in [1.29, 1.82) is 0 Å². The highest BCUT2D eigenvalue weighted by Crippen LogP contribution is 2.24. The predicted octanol–water partition coefficient (Wildman–Crippen LogP) is 0.675. The minimum absolute atomic E-state index is 0.0836. The Balaban J connectivity index is 1.95. The van der Waals surface area contributed by atoms with Crippen LogP contribution in [0.1, 0.15) is 46.0 Å². The third-order valence-corrected chi connectivity index (χ3v) is 4.90. The molecule has 140 valence electrons. The maximum Gasteiger partial charge on any atom is 0.338 e. The molecule has 2 aliphatic rings. The Kier molecular flexibility index (Phi) is 6.39. The summed E-state index contributed by atoms with van der Waals surface area (Å²) >= 11 is 0. The molecule has 2 fully saturated rings. The summed E-state index contributed by atoms with van der Waals surface area (Å²) in [5.41, 5.74) is 2.35. The number of amides is 4. The number of likely N-dealkylation sites (N-methyl/N-ethyl adjacent to an activating group) is 1. The molecular weight excluding hydrogens is 324 g/mol. The van der Waals surface area contributed by atoms with E-state index in [0.717, 1.165) is 37.1 Å². The molecule has 8 nitrogen and oxygen atoms in total. The van der Waals surface area contributed by atoms with Crippen LogP contribution in [0.3, 0.4) is 0 Å². The fourth-order valence-electron chi connectivity index (χ4n) is 3.24. The van der Waals surface area contributed by atoms with E-state index >= 15 is 0 Å². The van der Waals surface area contributed by atoms with Gasteiger partial charge in [0, 0.05) is 19.5 Å². The second-order valence-corrected chi connectivity index (χ2v) is 7.23. The van der Waals surface area contributed by atoms with Crippen molar-refractivity contribution in [3.05, 3.63) is 0 Å². The van der Waals surface area contributed by atoms with E-state index in [-0.39, 0.29) is 23.8 Å². The van der Waals surface area contributed by atoms with Crippen molar-refractivity contribution in [1.82, 2.24) is 20.7 Å². The number of carbonyl (C=O) groups excluding carboxylic acids is 4. The third kappa shape index (κ3) is 4.70. The van der Waals surface area contributed by atoms with Gasteiger partial charge in [0.25, 0.3) is 0 Å². The minimum Gasteiger partial charge on any atom is -0.345 e. The van der Waals surface area contributed by atoms with Crippen molar-refractivity contribution < 1.29 is 19.2 Å². The van der Waals surface area contributed by atoms with Crippen LogP contribution in [0, 0.1) is 11.8 Å². The van der Waals surface area contributed by atoms with Gasteiger partial charge in [-0.1, -0.05) is 33.1 Å². The molecule has 0 aromatic rings. The third-order valence-electron chi connectivity index (χ3n) is 4.90. The molecule has 0 radical (unpaired) electrons. The first-order valence-electron chi connectivity index (χ1n) is 8.99. The summed E-state index contributed by atoms with van der Waals surface area (Å²) < 4.78 is 0. The Morgan fingerprint density at radius 3 is 2.24 bits per heavy atom. The topological polar surface area (TPSA) is 98.8 Å². The van der Waals surface area contributed by atoms with E-state index in [1.165, 1.54) is 4.90 Å². The maximum absolute atomic E-state index is 12.5. The first-order chi connectivity index (χ1) is 11.8. The van der Waals surface area contributed by atoms with Crippen LogP contribution in [0.4, 0.5) is 4.79 Å². The minimum atomic E-state index is -0.884. The molecule has 1 aliphatic heterocycles. The Hall–Kier alpha value is -2.12. The standard InChI is InChI=1S/C17H28N4O4/c1-11(2)13(18-15(23)12-7-5-4-6-8-12)14(22)16(24)19-21-10-9-20(3)17(21)25/h11-13H,4-10H2,1-3H3,(H,18,23)(H,19,24). The molecule has 1 heterocycles. The SMILES string of the molecule is CC(C)C(NC(=O)C1CCCCC1)C(=O)C(=O)NN1CCN(C)C1=O. The molecule has 1 saturated carbocycles. The van der Waals surface area contributed by atoms with Gasteiger partial charge in [0.05, 0.1) is 12.6 Å². The van der Waals surface area contributed by atoms with Gasteiger partial charge in [-0.05, 0) is 18.8 Å². The lowest BCUT2D eigenvalue weighted by Gasteiger charge is -2.26. The van der Waals surface area contributed by atoms with Gasteiger partial charge in [0.15, 0.2) is 0 Å². The molecule has 1 saturated heterocycles. The number of hydrogen-bond acceptors (Lipinski definition) is 4. The lowest BCUT2D eigenvalue weighted by Crippen LogP contribution is -2.55. The van der Waals surface area contributed by atoms with E-state index in [9.17, 15) is 19.2 Å². The fraction of sp³-hybridized carbons (Fsp3) is 0.765. The van der Waals surface area contributed by atoms with Crippen molar-refractivity contribution in [3.8, 4) is 0 Å². The van der Waals surface area contributed by atoms with E-state index in [2.05, 4.69) is 10.7 Å². The quantitative estimate of drug-likeness (QED) is 0.687. The number of ketones is 1. The van der Waals surface area contributed by atoms with E-state index in [1.807, 2.05) is 0 Å². The van der Waals surface area contributed by atoms with E-state index in [0.29, 0.717) is 13.1 Å². The summed E-state index contributed by atoms with van der Waals surface area (Å²) in [6.07, 6.45) is 4.82. The lowest BCUT2D eigenvalue weighted by molar-refractivity contribution is -0.143. The average molecular weight is 352 g/mol. The van der Waals surface area contributed by atoms with Crippen LogP contribution in [0.5, 0.6) is 0 Å². The van der Waals surface area contributed by atoms with Crippen LogP contribution in [0.25, 0.3) is 0 Å². The second-order valence-electron chi connectivity index (χ2n) is 7.23. The monoisotopic (exact) mass is 352 g/mol. The highest BCUT2D eigenvalue weighted by molar-refractivity contribution is 6.38. The zero-order valence-corrected chi connectivity index (χ0v) is 15.2. The van der Waals surface area contributed by atoms with Crippen LogP contribution in [0.15, 0.2) is 0 Å². The number of nitrogens with one attached hydrogen (secondary N) is 2. The van der Waals surface area contributed by atoms with Crippen molar-refractivity contribution in [2.75, 3.05) is 20.1 Å². The van der Waals surface area contributed by atoms with Crippen LogP contribution >= 0.6 is 0 Å². The van der Waals surface area contributed by atoms with Gasteiger partial charge in [0.1, 0.15) is 0 Å². The van der Waals surface area contributed by atoms with E-state index in [4.69, 9.17) is 0 Å². The Labute approximate surface area is 148 Å². The molecule has 0 spiro atoms. The molecule has 1 unspecified atom stereocenters. The molecule has 0 bridgehead atoms. The summed E-state index contributed by atoms with van der Waals surface area (Å²) in [4.78, 5) is 50.4. The molecule has 0 aromatic heterocycles. The Morgan fingerprint density at radius 1 is 1.08 bits per heavy atom. The van der Waals surface area contributed by atoms with Gasteiger partial charge in [-0.15, -0.1) is 0 Å². The first kappa shape index (κ1) is 19.2. The highest BCUT2D eigenvalue weighted by Gasteiger charge is 2.34. The van der Waals surface area contributed by atoms with Gasteiger partial charge in [-0.25, -0.2) is 9.80 Å². The largest absolute Gasteiger partial charge is 0.345 e. The molecule has 1 atom stereocenters. The Morgan fingerprint density at radius 2 is 1.72 bits per heavy atom. The highest BCUT2D eigenvalue weighted by atomic mass is 16.2. The summed E-state index contributed by atoms with van der Waals surface area (Å²) in [5, 5.41) is 3.87.